The Kier molecular flexibility index (Phi) is 0.498. The van der Waals surface area contributed by atoms with Gasteiger partial charge in [0.25, 0.3) is 24.2 Å². The molecule has 0 aliphatic heterocycles. The lowest BCUT2D eigenvalue weighted by Crippen LogP contribution is -1.52. The molecule has 0 saturated heterocycles. The Hall–Kier alpha value is -1.32. The van der Waals surface area contributed by atoms with Crippen molar-refractivity contribution < 1.29 is 8.83 Å². The van der Waals surface area contributed by atoms with Crippen LogP contribution in [0.4, 0.5) is 0 Å². The van der Waals surface area contributed by atoms with Gasteiger partial charge in [-0.15, -0.1) is 0 Å². The van der Waals surface area contributed by atoms with Crippen molar-refractivity contribution in [3.63, 3.8) is 0 Å². The summed E-state index contributed by atoms with van der Waals surface area (Å²) < 4.78 is 9.17. The zero-order valence-electron chi connectivity index (χ0n) is 3.71. The summed E-state index contributed by atoms with van der Waals surface area (Å²) in [4.78, 5) is 7.05. The van der Waals surface area contributed by atoms with Crippen molar-refractivity contribution in [2.75, 3.05) is 0 Å². The summed E-state index contributed by atoms with van der Waals surface area (Å²) in [7, 11) is 0. The second kappa shape index (κ2) is 1.09. The van der Waals surface area contributed by atoms with Gasteiger partial charge in [-0.05, 0) is 0 Å². The van der Waals surface area contributed by atoms with Gasteiger partial charge in [-0.25, -0.2) is 0 Å². The van der Waals surface area contributed by atoms with Crippen LogP contribution in [0.15, 0.2) is 8.83 Å². The number of rotatable bonds is 0. The predicted octanol–water partition coefficient (Wildman–Crippen LogP) is 0.416. The average molecular weight is 108 g/mol. The zero-order valence-corrected chi connectivity index (χ0v) is 3.71. The molecule has 2 aromatic heterocycles. The summed E-state index contributed by atoms with van der Waals surface area (Å²) >= 11 is 0. The third-order valence-electron chi connectivity index (χ3n) is 0.762. The second-order valence-electron chi connectivity index (χ2n) is 1.22. The fourth-order valence-corrected chi connectivity index (χ4v) is 0.444. The van der Waals surface area contributed by atoms with Crippen LogP contribution in [-0.2, 0) is 0 Å². The monoisotopic (exact) mass is 108 g/mol. The average Bonchev–Trinajstić information content (AvgIpc) is 2.15. The Morgan fingerprint density at radius 2 is 1.50 bits per heavy atom. The first kappa shape index (κ1) is 3.65. The Morgan fingerprint density at radius 1 is 1.00 bits per heavy atom. The van der Waals surface area contributed by atoms with E-state index in [-0.39, 0.29) is 0 Å². The third kappa shape index (κ3) is 0.294. The minimum Gasteiger partial charge on any atom is -0.410 e. The molecule has 0 unspecified atom stereocenters. The molecule has 0 aliphatic rings. The fourth-order valence-electron chi connectivity index (χ4n) is 0.444. The number of aromatic nitrogens is 2. The maximum absolute atomic E-state index is 4.59. The Labute approximate surface area is 44.1 Å². The van der Waals surface area contributed by atoms with E-state index in [9.17, 15) is 0 Å². The number of hydrogen-bond acceptors (Lipinski definition) is 4. The van der Waals surface area contributed by atoms with Gasteiger partial charge in [0.2, 0.25) is 0 Å². The lowest BCUT2D eigenvalue weighted by molar-refractivity contribution is 0.563. The van der Waals surface area contributed by atoms with Gasteiger partial charge < -0.3 is 8.83 Å². The normalized spacial score (nSPS) is 10.5. The van der Waals surface area contributed by atoms with Crippen LogP contribution in [0.3, 0.4) is 0 Å². The molecule has 4 nitrogen and oxygen atoms in total. The molecular weight excluding hydrogens is 108 g/mol. The molecule has 0 amide bonds. The van der Waals surface area contributed by atoms with Crippen LogP contribution in [0, 0.1) is 12.8 Å². The lowest BCUT2D eigenvalue weighted by atomic mass is 10.8. The van der Waals surface area contributed by atoms with Gasteiger partial charge in [0, 0.05) is 0 Å². The maximum Gasteiger partial charge on any atom is 0.289 e. The fraction of sp³-hybridized carbons (Fsp3) is 0. The van der Waals surface area contributed by atoms with E-state index in [2.05, 4.69) is 31.6 Å². The minimum atomic E-state index is 0.338. The molecule has 0 fully saturated rings. The van der Waals surface area contributed by atoms with Gasteiger partial charge in [-0.1, -0.05) is 0 Å². The summed E-state index contributed by atoms with van der Waals surface area (Å²) in [6.45, 7) is 0. The van der Waals surface area contributed by atoms with Crippen LogP contribution in [0.1, 0.15) is 0 Å². The van der Waals surface area contributed by atoms with Crippen LogP contribution in [0.25, 0.3) is 11.4 Å². The molecule has 0 aliphatic carbocycles. The highest BCUT2D eigenvalue weighted by molar-refractivity contribution is 5.57. The first-order chi connectivity index (χ1) is 3.97. The van der Waals surface area contributed by atoms with Crippen molar-refractivity contribution >= 4 is 11.4 Å². The number of fused-ring (bicyclic) bond motifs is 1. The molecule has 0 N–H and O–H groups in total. The van der Waals surface area contributed by atoms with Gasteiger partial charge in [0.1, 0.15) is 0 Å². The Morgan fingerprint density at radius 3 is 2.00 bits per heavy atom. The van der Waals surface area contributed by atoms with Crippen molar-refractivity contribution in [2.45, 2.75) is 0 Å². The summed E-state index contributed by atoms with van der Waals surface area (Å²) in [5.41, 5.74) is 0.676. The van der Waals surface area contributed by atoms with E-state index in [1.807, 2.05) is 0 Å². The highest BCUT2D eigenvalue weighted by Gasteiger charge is 2.00. The molecule has 2 radical (unpaired) electrons. The molecule has 4 heteroatoms. The van der Waals surface area contributed by atoms with E-state index in [1.54, 1.807) is 0 Å². The predicted molar refractivity (Wildman–Crippen MR) is 21.7 cm³/mol. The van der Waals surface area contributed by atoms with Crippen molar-refractivity contribution in [3.8, 4) is 0 Å². The smallest absolute Gasteiger partial charge is 0.289 e. The molecule has 8 heavy (non-hydrogen) atoms. The third-order valence-corrected chi connectivity index (χ3v) is 0.762. The molecule has 2 aromatic rings. The van der Waals surface area contributed by atoms with Crippen LogP contribution in [0.5, 0.6) is 0 Å². The highest BCUT2D eigenvalue weighted by Crippen LogP contribution is 2.05. The van der Waals surface area contributed by atoms with Gasteiger partial charge in [-0.2, -0.15) is 9.97 Å². The number of nitrogens with zero attached hydrogens (tertiary/aromatic N) is 2. The topological polar surface area (TPSA) is 52.1 Å². The van der Waals surface area contributed by atoms with E-state index in [0.29, 0.717) is 11.4 Å². The van der Waals surface area contributed by atoms with E-state index < -0.39 is 0 Å². The lowest BCUT2D eigenvalue weighted by Gasteiger charge is -1.58. The van der Waals surface area contributed by atoms with Gasteiger partial charge in [-0.3, -0.25) is 0 Å². The summed E-state index contributed by atoms with van der Waals surface area (Å²) in [6, 6.07) is 0. The van der Waals surface area contributed by atoms with E-state index in [0.717, 1.165) is 0 Å². The molecule has 0 bridgehead atoms. The first-order valence-corrected chi connectivity index (χ1v) is 1.96. The summed E-state index contributed by atoms with van der Waals surface area (Å²) in [6.07, 6.45) is 4.43. The standard InChI is InChI=1S/C4N2O2/c1-5-3-4(7-1)6-2-8-3. The van der Waals surface area contributed by atoms with Crippen molar-refractivity contribution in [1.29, 1.82) is 0 Å². The van der Waals surface area contributed by atoms with Crippen LogP contribution < -0.4 is 0 Å². The van der Waals surface area contributed by atoms with Gasteiger partial charge in [0.15, 0.2) is 0 Å². The van der Waals surface area contributed by atoms with Gasteiger partial charge in [0.05, 0.1) is 0 Å². The van der Waals surface area contributed by atoms with Crippen molar-refractivity contribution in [3.05, 3.63) is 12.8 Å². The Bertz CT molecular complexity index is 233. The zero-order chi connectivity index (χ0) is 5.40. The SMILES string of the molecule is [c]1nc2o[c]nc2o1. The molecule has 0 aromatic carbocycles. The number of hydrogen-bond donors (Lipinski definition) is 0. The molecule has 0 spiro atoms. The van der Waals surface area contributed by atoms with E-state index in [1.165, 1.54) is 0 Å². The molecule has 0 saturated carbocycles. The second-order valence-corrected chi connectivity index (χ2v) is 1.22. The minimum absolute atomic E-state index is 0.338. The number of oxazole rings is 2. The molecule has 38 valence electrons. The van der Waals surface area contributed by atoms with Crippen LogP contribution >= 0.6 is 0 Å². The first-order valence-electron chi connectivity index (χ1n) is 1.96. The largest absolute Gasteiger partial charge is 0.410 e. The Balaban J connectivity index is 3.06. The van der Waals surface area contributed by atoms with E-state index in [4.69, 9.17) is 0 Å². The molecular formula is C4N2O2. The molecule has 2 rings (SSSR count). The van der Waals surface area contributed by atoms with Crippen molar-refractivity contribution in [2.24, 2.45) is 0 Å². The van der Waals surface area contributed by atoms with Crippen LogP contribution in [-0.4, -0.2) is 9.97 Å². The van der Waals surface area contributed by atoms with Crippen LogP contribution in [0.2, 0.25) is 0 Å². The van der Waals surface area contributed by atoms with E-state index >= 15 is 0 Å². The molecule has 2 heterocycles. The summed E-state index contributed by atoms with van der Waals surface area (Å²) in [5.74, 6) is 0. The molecule has 0 atom stereocenters. The van der Waals surface area contributed by atoms with Crippen molar-refractivity contribution in [1.82, 2.24) is 9.97 Å². The van der Waals surface area contributed by atoms with Gasteiger partial charge >= 0.3 is 0 Å². The summed E-state index contributed by atoms with van der Waals surface area (Å²) in [5, 5.41) is 0. The quantitative estimate of drug-likeness (QED) is 0.490. The highest BCUT2D eigenvalue weighted by atomic mass is 16.4. The maximum atomic E-state index is 4.59.